The van der Waals surface area contributed by atoms with Crippen LogP contribution in [0.1, 0.15) is 12.5 Å². The second-order valence-corrected chi connectivity index (χ2v) is 14.0. The molecule has 4 aromatic rings. The first kappa shape index (κ1) is 31.9. The highest BCUT2D eigenvalue weighted by atomic mass is 31.2. The van der Waals surface area contributed by atoms with Crippen LogP contribution in [0.3, 0.4) is 0 Å². The Bertz CT molecular complexity index is 2070. The molecule has 7 heterocycles. The molecule has 0 spiro atoms. The summed E-state index contributed by atoms with van der Waals surface area (Å²) in [4.78, 5) is 66.4. The van der Waals surface area contributed by atoms with Crippen LogP contribution >= 0.6 is 15.4 Å². The largest absolute Gasteiger partial charge is 0.472 e. The van der Waals surface area contributed by atoms with Crippen LogP contribution in [0.5, 0.6) is 0 Å². The smallest absolute Gasteiger partial charge is 0.386 e. The van der Waals surface area contributed by atoms with Crippen LogP contribution in [-0.2, 0) is 36.9 Å². The van der Waals surface area contributed by atoms with Crippen molar-refractivity contribution in [3.8, 4) is 0 Å². The van der Waals surface area contributed by atoms with Gasteiger partial charge in [0.05, 0.1) is 31.9 Å². The summed E-state index contributed by atoms with van der Waals surface area (Å²) in [5.74, 6) is -0.483. The van der Waals surface area contributed by atoms with Crippen molar-refractivity contribution >= 4 is 49.6 Å². The molecule has 0 bridgehead atoms. The number of nitrogens with two attached hydrogens (primary N) is 3. The van der Waals surface area contributed by atoms with Gasteiger partial charge in [0.2, 0.25) is 11.9 Å². The quantitative estimate of drug-likeness (QED) is 0.0962. The van der Waals surface area contributed by atoms with E-state index in [0.717, 1.165) is 6.33 Å². The molecule has 3 aliphatic heterocycles. The Balaban J connectivity index is 1.17. The molecule has 7 rings (SSSR count). The first-order chi connectivity index (χ1) is 22.2. The molecule has 3 fully saturated rings. The number of fused-ring (bicyclic) bond motifs is 4. The van der Waals surface area contributed by atoms with Gasteiger partial charge in [0.15, 0.2) is 34.8 Å². The number of ether oxygens (including phenoxy) is 3. The van der Waals surface area contributed by atoms with Crippen LogP contribution in [-0.4, -0.2) is 110 Å². The average Bonchev–Trinajstić information content (AvgIpc) is 3.74. The van der Waals surface area contributed by atoms with E-state index in [1.165, 1.54) is 15.5 Å². The number of phosphoric ester groups is 1. The first-order valence-corrected chi connectivity index (χ1v) is 16.9. The zero-order valence-corrected chi connectivity index (χ0v) is 25.4. The van der Waals surface area contributed by atoms with Crippen molar-refractivity contribution in [2.24, 2.45) is 5.73 Å². The Labute approximate surface area is 259 Å². The third-order valence-corrected chi connectivity index (χ3v) is 9.69. The molecule has 0 aromatic carbocycles. The van der Waals surface area contributed by atoms with Crippen molar-refractivity contribution < 1.29 is 51.8 Å². The minimum atomic E-state index is -5.03. The number of aliphatic hydroxyl groups excluding tert-OH is 1. The fraction of sp³-hybridized carbons (Fsp3) is 0.524. The number of aromatic nitrogens is 8. The predicted molar refractivity (Wildman–Crippen MR) is 153 cm³/mol. The SMILES string of the molecule is Nc1nc2c(ncn2C2O[C@@H]3COP(=O)(O)CO[C@@H]4C(COP(=O)(O)O[C@H]3[C@H]2N)O[C@@H](n2cnc3c(=O)[nH]c(N)nc32)[C@@H]4O)c(=O)[nH]1. The van der Waals surface area contributed by atoms with E-state index in [1.807, 2.05) is 0 Å². The molecule has 0 aliphatic carbocycles. The number of hydrogen-bond donors (Lipinski definition) is 8. The molecule has 47 heavy (non-hydrogen) atoms. The summed E-state index contributed by atoms with van der Waals surface area (Å²) >= 11 is 0. The van der Waals surface area contributed by atoms with Gasteiger partial charge in [-0.2, -0.15) is 9.97 Å². The Kier molecular flexibility index (Phi) is 7.82. The fourth-order valence-corrected chi connectivity index (χ4v) is 7.38. The summed E-state index contributed by atoms with van der Waals surface area (Å²) in [5.41, 5.74) is 16.1. The molecule has 0 radical (unpaired) electrons. The summed E-state index contributed by atoms with van der Waals surface area (Å²) in [6.45, 7) is -1.45. The summed E-state index contributed by atoms with van der Waals surface area (Å²) in [6, 6.07) is -1.29. The number of hydrogen-bond acceptors (Lipinski definition) is 18. The van der Waals surface area contributed by atoms with Gasteiger partial charge >= 0.3 is 15.4 Å². The van der Waals surface area contributed by atoms with Gasteiger partial charge < -0.3 is 50.8 Å². The van der Waals surface area contributed by atoms with E-state index in [9.17, 15) is 33.6 Å². The van der Waals surface area contributed by atoms with Crippen LogP contribution in [0, 0.1) is 0 Å². The highest BCUT2D eigenvalue weighted by molar-refractivity contribution is 7.52. The lowest BCUT2D eigenvalue weighted by Gasteiger charge is -2.24. The summed E-state index contributed by atoms with van der Waals surface area (Å²) < 4.78 is 61.9. The van der Waals surface area contributed by atoms with Gasteiger partial charge in [0.25, 0.3) is 11.1 Å². The van der Waals surface area contributed by atoms with E-state index < -0.39 is 95.1 Å². The maximum absolute atomic E-state index is 13.2. The van der Waals surface area contributed by atoms with Gasteiger partial charge in [-0.3, -0.25) is 42.3 Å². The van der Waals surface area contributed by atoms with Gasteiger partial charge in [-0.05, 0) is 0 Å². The number of nitrogens with zero attached hydrogens (tertiary/aromatic N) is 6. The van der Waals surface area contributed by atoms with Gasteiger partial charge in [0.1, 0.15) is 36.9 Å². The van der Waals surface area contributed by atoms with Crippen LogP contribution in [0.25, 0.3) is 22.3 Å². The van der Waals surface area contributed by atoms with Gasteiger partial charge in [-0.15, -0.1) is 0 Å². The molecule has 3 aliphatic rings. The monoisotopic (exact) mass is 703 g/mol. The van der Waals surface area contributed by atoms with E-state index in [2.05, 4.69) is 29.9 Å². The predicted octanol–water partition coefficient (Wildman–Crippen LogP) is -3.04. The summed E-state index contributed by atoms with van der Waals surface area (Å²) in [7, 11) is -9.65. The maximum Gasteiger partial charge on any atom is 0.472 e. The number of anilines is 2. The molecule has 10 atom stereocenters. The lowest BCUT2D eigenvalue weighted by molar-refractivity contribution is -0.0584. The number of rotatable bonds is 2. The van der Waals surface area contributed by atoms with Gasteiger partial charge in [0, 0.05) is 0 Å². The number of H-pyrrole nitrogens is 2. The third kappa shape index (κ3) is 5.77. The van der Waals surface area contributed by atoms with Crippen molar-refractivity contribution in [2.75, 3.05) is 31.0 Å². The van der Waals surface area contributed by atoms with E-state index >= 15 is 0 Å². The van der Waals surface area contributed by atoms with Crippen molar-refractivity contribution in [3.05, 3.63) is 33.4 Å². The molecule has 254 valence electrons. The van der Waals surface area contributed by atoms with Gasteiger partial charge in [-0.1, -0.05) is 0 Å². The molecule has 0 saturated carbocycles. The fourth-order valence-electron chi connectivity index (χ4n) is 5.59. The lowest BCUT2D eigenvalue weighted by Crippen LogP contribution is -2.41. The van der Waals surface area contributed by atoms with Crippen molar-refractivity contribution in [1.82, 2.24) is 39.0 Å². The number of nitrogens with one attached hydrogen (secondary N) is 2. The topological polar surface area (TPSA) is 355 Å². The van der Waals surface area contributed by atoms with Crippen molar-refractivity contribution in [3.63, 3.8) is 0 Å². The van der Waals surface area contributed by atoms with E-state index in [0.29, 0.717) is 0 Å². The molecule has 24 nitrogen and oxygen atoms in total. The van der Waals surface area contributed by atoms with Gasteiger partial charge in [-0.25, -0.2) is 14.5 Å². The second kappa shape index (κ2) is 11.5. The zero-order valence-electron chi connectivity index (χ0n) is 23.6. The highest BCUT2D eigenvalue weighted by Gasteiger charge is 2.52. The molecule has 11 N–H and O–H groups in total. The molecular weight excluding hydrogens is 676 g/mol. The summed E-state index contributed by atoms with van der Waals surface area (Å²) in [5, 5.41) is 11.2. The Hall–Kier alpha value is -3.64. The first-order valence-electron chi connectivity index (χ1n) is 13.6. The van der Waals surface area contributed by atoms with Crippen LogP contribution in [0.15, 0.2) is 22.2 Å². The number of imidazole rings is 2. The molecular formula is C21H27N11O13P2. The van der Waals surface area contributed by atoms with Crippen molar-refractivity contribution in [2.45, 2.75) is 49.0 Å². The zero-order chi connectivity index (χ0) is 33.4. The number of phosphoric acid groups is 1. The Morgan fingerprint density at radius 1 is 0.851 bits per heavy atom. The number of aromatic amines is 2. The van der Waals surface area contributed by atoms with E-state index in [-0.39, 0.29) is 34.2 Å². The molecule has 4 unspecified atom stereocenters. The second-order valence-electron chi connectivity index (χ2n) is 10.8. The normalized spacial score (nSPS) is 36.9. The molecule has 26 heteroatoms. The molecule has 4 aromatic heterocycles. The third-order valence-electron chi connectivity index (χ3n) is 7.68. The Morgan fingerprint density at radius 2 is 1.38 bits per heavy atom. The standard InChI is InChI=1S/C21H27N11O13P2/c22-8-12-6(43-18(8)31-3-25-9-14(31)27-20(23)29-16(9)34)1-41-46(36,37)5-40-13-7(2-42-47(38,39)45-12)44-19(11(13)33)32-4-26-10-15(32)28-21(24)30-17(10)35/h3-4,6-8,11-13,18-19,33H,1-2,5,22H2,(H,36,37)(H,38,39)(H3,23,27,29,34)(H3,24,28,30,35)/t6-,7?,8-,11-,12-,13-,18?,19-/m1/s1. The number of aliphatic hydroxyl groups is 1. The number of nitrogen functional groups attached to an aromatic ring is 2. The van der Waals surface area contributed by atoms with E-state index in [4.69, 9.17) is 45.0 Å². The maximum atomic E-state index is 13.2. The van der Waals surface area contributed by atoms with Crippen molar-refractivity contribution in [1.29, 1.82) is 0 Å². The lowest BCUT2D eigenvalue weighted by atomic mass is 10.1. The van der Waals surface area contributed by atoms with Crippen LogP contribution in [0.4, 0.5) is 11.9 Å². The average molecular weight is 703 g/mol. The minimum Gasteiger partial charge on any atom is -0.386 e. The van der Waals surface area contributed by atoms with Crippen LogP contribution < -0.4 is 28.3 Å². The van der Waals surface area contributed by atoms with E-state index in [1.54, 1.807) is 0 Å². The highest BCUT2D eigenvalue weighted by Crippen LogP contribution is 2.51. The van der Waals surface area contributed by atoms with Crippen LogP contribution in [0.2, 0.25) is 0 Å². The molecule has 0 amide bonds. The molecule has 3 saturated heterocycles. The minimum absolute atomic E-state index is 0.0308. The Morgan fingerprint density at radius 3 is 2.00 bits per heavy atom. The summed E-state index contributed by atoms with van der Waals surface area (Å²) in [6.07, 6.45) is -8.54.